The molecule has 0 aliphatic carbocycles. The standard InChI is InChI=1S/C38H23N4OSTe.Pt/c1-2-11-26(12-3-1)40-25-41(32-17-6-5-16-31(32)40)27-13-10-14-28(23-27)43-29-21-22-37-34(24-29)42(33-18-7-9-20-36(33)45-37)38-39-30-15-4-8-19-35(30)44-38;/h1-22,25H;/q-3;. The quantitative estimate of drug-likeness (QED) is 0.128. The molecular formula is C38H23N4OPtSTe-3. The maximum atomic E-state index is 6.48. The minimum atomic E-state index is -0.596. The first-order valence-corrected chi connectivity index (χ1v) is 17.7. The summed E-state index contributed by atoms with van der Waals surface area (Å²) in [5.74, 6) is 1.28. The number of aromatic nitrogens is 1. The van der Waals surface area contributed by atoms with E-state index in [4.69, 9.17) is 9.72 Å². The molecule has 2 aliphatic rings. The van der Waals surface area contributed by atoms with Crippen molar-refractivity contribution in [2.75, 3.05) is 14.7 Å². The van der Waals surface area contributed by atoms with Gasteiger partial charge in [-0.15, -0.1) is 0 Å². The molecule has 0 saturated carbocycles. The zero-order valence-corrected chi connectivity index (χ0v) is 29.5. The number of nitrogens with zero attached hydrogens (tertiary/aromatic N) is 4. The summed E-state index contributed by atoms with van der Waals surface area (Å²) in [6.07, 6.45) is 0. The Balaban J connectivity index is 0.00000312. The third kappa shape index (κ3) is 5.18. The number of rotatable bonds is 5. The molecule has 2 aliphatic heterocycles. The van der Waals surface area contributed by atoms with Gasteiger partial charge in [-0.3, -0.25) is 0 Å². The Morgan fingerprint density at radius 3 is 2.20 bits per heavy atom. The summed E-state index contributed by atoms with van der Waals surface area (Å²) in [7, 11) is 0. The van der Waals surface area contributed by atoms with E-state index >= 15 is 0 Å². The first-order chi connectivity index (χ1) is 22.3. The number of thiazole rings is 1. The molecule has 0 fully saturated rings. The van der Waals surface area contributed by atoms with Crippen LogP contribution in [0.1, 0.15) is 0 Å². The molecular weight excluding hydrogens is 883 g/mol. The van der Waals surface area contributed by atoms with Crippen LogP contribution in [0.2, 0.25) is 0 Å². The fourth-order valence-electron chi connectivity index (χ4n) is 5.73. The van der Waals surface area contributed by atoms with Crippen molar-refractivity contribution < 1.29 is 25.8 Å². The van der Waals surface area contributed by atoms with Crippen molar-refractivity contribution in [3.8, 4) is 11.5 Å². The van der Waals surface area contributed by atoms with E-state index in [1.54, 1.807) is 11.3 Å². The Morgan fingerprint density at radius 2 is 1.35 bits per heavy atom. The number of benzene rings is 6. The van der Waals surface area contributed by atoms with Crippen molar-refractivity contribution in [1.29, 1.82) is 0 Å². The molecule has 0 unspecified atom stereocenters. The minimum absolute atomic E-state index is 0. The normalized spacial score (nSPS) is 13.2. The maximum absolute atomic E-state index is 6.48. The number of anilines is 7. The monoisotopic (exact) mass is 908 g/mol. The van der Waals surface area contributed by atoms with Gasteiger partial charge in [0.1, 0.15) is 0 Å². The second kappa shape index (κ2) is 12.2. The summed E-state index contributed by atoms with van der Waals surface area (Å²) < 4.78 is 10.4. The zero-order chi connectivity index (χ0) is 29.7. The van der Waals surface area contributed by atoms with Gasteiger partial charge in [-0.2, -0.15) is 0 Å². The van der Waals surface area contributed by atoms with Gasteiger partial charge >= 0.3 is 241 Å². The van der Waals surface area contributed by atoms with Gasteiger partial charge in [-0.05, 0) is 12.1 Å². The average molecular weight is 906 g/mol. The Bertz CT molecular complexity index is 2170. The molecule has 0 saturated heterocycles. The number of ether oxygens (including phenoxy) is 1. The number of hydrogen-bond donors (Lipinski definition) is 0. The van der Waals surface area contributed by atoms with Crippen molar-refractivity contribution in [2.45, 2.75) is 0 Å². The summed E-state index contributed by atoms with van der Waals surface area (Å²) in [5, 5.41) is 0.935. The third-order valence-electron chi connectivity index (χ3n) is 7.78. The van der Waals surface area contributed by atoms with Crippen LogP contribution in [0.25, 0.3) is 10.2 Å². The second-order valence-corrected chi connectivity index (χ2v) is 14.7. The number of para-hydroxylation sites is 5. The van der Waals surface area contributed by atoms with Crippen LogP contribution in [0, 0.1) is 18.8 Å². The van der Waals surface area contributed by atoms with Crippen LogP contribution in [0.3, 0.4) is 0 Å². The second-order valence-electron chi connectivity index (χ2n) is 10.6. The molecule has 0 atom stereocenters. The Morgan fingerprint density at radius 1 is 0.630 bits per heavy atom. The summed E-state index contributed by atoms with van der Waals surface area (Å²) in [6.45, 7) is 2.11. The summed E-state index contributed by atoms with van der Waals surface area (Å²) in [4.78, 5) is 11.6. The number of fused-ring (bicyclic) bond motifs is 4. The summed E-state index contributed by atoms with van der Waals surface area (Å²) in [6, 6.07) is 53.2. The van der Waals surface area contributed by atoms with Crippen LogP contribution in [-0.4, -0.2) is 25.9 Å². The average Bonchev–Trinajstić information content (AvgIpc) is 3.70. The summed E-state index contributed by atoms with van der Waals surface area (Å²) in [5.41, 5.74) is 7.40. The van der Waals surface area contributed by atoms with Crippen molar-refractivity contribution in [2.24, 2.45) is 0 Å². The van der Waals surface area contributed by atoms with Gasteiger partial charge in [0.15, 0.2) is 0 Å². The first-order valence-electron chi connectivity index (χ1n) is 14.6. The van der Waals surface area contributed by atoms with Gasteiger partial charge in [-0.1, -0.05) is 24.3 Å². The molecule has 8 heteroatoms. The third-order valence-corrected chi connectivity index (χ3v) is 12.0. The van der Waals surface area contributed by atoms with Gasteiger partial charge < -0.3 is 0 Å². The van der Waals surface area contributed by atoms with Gasteiger partial charge in [-0.25, -0.2) is 0 Å². The van der Waals surface area contributed by atoms with Crippen LogP contribution < -0.4 is 26.7 Å². The van der Waals surface area contributed by atoms with Gasteiger partial charge in [0.05, 0.1) is 0 Å². The van der Waals surface area contributed by atoms with Crippen LogP contribution in [-0.2, 0) is 21.1 Å². The van der Waals surface area contributed by atoms with Gasteiger partial charge in [0, 0.05) is 21.1 Å². The zero-order valence-electron chi connectivity index (χ0n) is 24.1. The van der Waals surface area contributed by atoms with Crippen molar-refractivity contribution in [3.05, 3.63) is 152 Å². The fourth-order valence-corrected chi connectivity index (χ4v) is 9.64. The topological polar surface area (TPSA) is 31.8 Å². The fraction of sp³-hybridized carbons (Fsp3) is 0. The van der Waals surface area contributed by atoms with Crippen LogP contribution in [0.4, 0.5) is 39.3 Å². The molecule has 0 radical (unpaired) electrons. The van der Waals surface area contributed by atoms with Gasteiger partial charge in [0.25, 0.3) is 0 Å². The Hall–Kier alpha value is -4.11. The van der Waals surface area contributed by atoms with E-state index in [2.05, 4.69) is 137 Å². The SMILES string of the molecule is [Pt].[c-]1c(Oc2[c-]c3c(cc2)[Te]c2ccccc2N3c2nc3ccccc3s2)cccc1N1[CH-]N(c2ccccc2)c2ccccc21. The van der Waals surface area contributed by atoms with E-state index < -0.39 is 20.9 Å². The van der Waals surface area contributed by atoms with E-state index in [1.807, 2.05) is 30.3 Å². The van der Waals surface area contributed by atoms with Crippen molar-refractivity contribution >= 4 is 89.0 Å². The molecule has 5 nitrogen and oxygen atoms in total. The molecule has 0 bridgehead atoms. The molecule has 0 spiro atoms. The molecule has 226 valence electrons. The molecule has 0 amide bonds. The number of hydrogen-bond acceptors (Lipinski definition) is 6. The van der Waals surface area contributed by atoms with E-state index in [1.165, 1.54) is 17.6 Å². The van der Waals surface area contributed by atoms with E-state index in [-0.39, 0.29) is 21.1 Å². The van der Waals surface area contributed by atoms with Crippen LogP contribution >= 0.6 is 11.3 Å². The molecule has 0 N–H and O–H groups in total. The van der Waals surface area contributed by atoms with Crippen molar-refractivity contribution in [3.63, 3.8) is 0 Å². The van der Waals surface area contributed by atoms with E-state index in [9.17, 15) is 0 Å². The van der Waals surface area contributed by atoms with Crippen LogP contribution in [0.5, 0.6) is 11.5 Å². The molecule has 46 heavy (non-hydrogen) atoms. The van der Waals surface area contributed by atoms with Crippen molar-refractivity contribution in [1.82, 2.24) is 4.98 Å². The summed E-state index contributed by atoms with van der Waals surface area (Å²) >= 11 is 1.10. The Labute approximate surface area is 296 Å². The van der Waals surface area contributed by atoms with Crippen LogP contribution in [0.15, 0.2) is 133 Å². The van der Waals surface area contributed by atoms with Gasteiger partial charge in [0.2, 0.25) is 0 Å². The predicted octanol–water partition coefficient (Wildman–Crippen LogP) is 8.53. The predicted molar refractivity (Wildman–Crippen MR) is 185 cm³/mol. The van der Waals surface area contributed by atoms with E-state index in [0.29, 0.717) is 11.5 Å². The molecule has 6 aromatic carbocycles. The Kier molecular flexibility index (Phi) is 7.80. The molecule has 3 heterocycles. The molecule has 9 rings (SSSR count). The first kappa shape index (κ1) is 29.3. The molecule has 1 aromatic heterocycles. The molecule has 7 aromatic rings. The van der Waals surface area contributed by atoms with E-state index in [0.717, 1.165) is 39.1 Å².